The fraction of sp³-hybridized carbons (Fsp3) is 0.316. The molecule has 1 N–H and O–H groups in total. The molecule has 25 heavy (non-hydrogen) atoms. The van der Waals surface area contributed by atoms with Crippen LogP contribution in [-0.2, 0) is 4.79 Å². The van der Waals surface area contributed by atoms with Gasteiger partial charge in [-0.2, -0.15) is 0 Å². The van der Waals surface area contributed by atoms with Gasteiger partial charge in [0.05, 0.1) is 17.3 Å². The molecule has 1 fully saturated rings. The van der Waals surface area contributed by atoms with Crippen LogP contribution >= 0.6 is 23.2 Å². The van der Waals surface area contributed by atoms with Gasteiger partial charge < -0.3 is 15.1 Å². The zero-order chi connectivity index (χ0) is 17.8. The van der Waals surface area contributed by atoms with Crippen LogP contribution in [0.5, 0.6) is 0 Å². The lowest BCUT2D eigenvalue weighted by molar-refractivity contribution is -0.129. The van der Waals surface area contributed by atoms with Crippen LogP contribution in [0.25, 0.3) is 0 Å². The lowest BCUT2D eigenvalue weighted by Crippen LogP contribution is -2.50. The number of hydrogen-bond acceptors (Lipinski definition) is 3. The van der Waals surface area contributed by atoms with E-state index in [0.29, 0.717) is 15.7 Å². The van der Waals surface area contributed by atoms with E-state index < -0.39 is 0 Å². The monoisotopic (exact) mass is 377 g/mol. The molecule has 1 aliphatic heterocycles. The maximum atomic E-state index is 12.4. The number of anilines is 2. The molecule has 0 radical (unpaired) electrons. The fourth-order valence-corrected chi connectivity index (χ4v) is 3.31. The first-order chi connectivity index (χ1) is 12.0. The second-order valence-corrected chi connectivity index (χ2v) is 7.03. The molecule has 0 aromatic heterocycles. The van der Waals surface area contributed by atoms with Crippen LogP contribution in [0, 0.1) is 6.92 Å². The first kappa shape index (κ1) is 17.9. The van der Waals surface area contributed by atoms with Crippen molar-refractivity contribution in [3.8, 4) is 0 Å². The molecule has 2 aromatic rings. The molecule has 4 nitrogen and oxygen atoms in total. The van der Waals surface area contributed by atoms with Crippen molar-refractivity contribution in [3.05, 3.63) is 58.1 Å². The molecule has 132 valence electrons. The number of amides is 1. The standard InChI is InChI=1S/C19H21Cl2N3O/c1-14-3-2-4-16(11-14)23-7-9-24(10-8-23)19(25)13-22-18-12-15(20)5-6-17(18)21/h2-6,11-12,22H,7-10,13H2,1H3. The second kappa shape index (κ2) is 7.98. The summed E-state index contributed by atoms with van der Waals surface area (Å²) < 4.78 is 0. The Kier molecular flexibility index (Phi) is 5.71. The molecule has 6 heteroatoms. The lowest BCUT2D eigenvalue weighted by atomic mass is 10.2. The normalized spacial score (nSPS) is 14.5. The highest BCUT2D eigenvalue weighted by atomic mass is 35.5. The lowest BCUT2D eigenvalue weighted by Gasteiger charge is -2.36. The van der Waals surface area contributed by atoms with Gasteiger partial charge in [-0.05, 0) is 42.8 Å². The van der Waals surface area contributed by atoms with E-state index in [1.807, 2.05) is 4.90 Å². The van der Waals surface area contributed by atoms with Gasteiger partial charge in [-0.3, -0.25) is 4.79 Å². The smallest absolute Gasteiger partial charge is 0.241 e. The third-order valence-corrected chi connectivity index (χ3v) is 4.92. The zero-order valence-corrected chi connectivity index (χ0v) is 15.6. The average molecular weight is 378 g/mol. The van der Waals surface area contributed by atoms with Crippen LogP contribution in [0.15, 0.2) is 42.5 Å². The molecule has 0 aliphatic carbocycles. The first-order valence-corrected chi connectivity index (χ1v) is 9.07. The number of hydrogen-bond donors (Lipinski definition) is 1. The molecule has 0 bridgehead atoms. The van der Waals surface area contributed by atoms with Crippen LogP contribution in [-0.4, -0.2) is 43.5 Å². The van der Waals surface area contributed by atoms with E-state index in [1.54, 1.807) is 18.2 Å². The van der Waals surface area contributed by atoms with E-state index in [9.17, 15) is 4.79 Å². The van der Waals surface area contributed by atoms with Gasteiger partial charge in [0.2, 0.25) is 5.91 Å². The maximum absolute atomic E-state index is 12.4. The number of carbonyl (C=O) groups is 1. The minimum Gasteiger partial charge on any atom is -0.375 e. The Balaban J connectivity index is 1.52. The van der Waals surface area contributed by atoms with Gasteiger partial charge in [-0.1, -0.05) is 35.3 Å². The summed E-state index contributed by atoms with van der Waals surface area (Å²) in [6.45, 7) is 5.43. The van der Waals surface area contributed by atoms with Gasteiger partial charge in [0, 0.05) is 36.9 Å². The molecule has 0 unspecified atom stereocenters. The predicted molar refractivity (Wildman–Crippen MR) is 105 cm³/mol. The van der Waals surface area contributed by atoms with E-state index in [-0.39, 0.29) is 12.5 Å². The van der Waals surface area contributed by atoms with Crippen LogP contribution in [0.1, 0.15) is 5.56 Å². The van der Waals surface area contributed by atoms with Gasteiger partial charge in [-0.25, -0.2) is 0 Å². The Morgan fingerprint density at radius 1 is 1.08 bits per heavy atom. The minimum absolute atomic E-state index is 0.0694. The second-order valence-electron chi connectivity index (χ2n) is 6.18. The fourth-order valence-electron chi connectivity index (χ4n) is 2.95. The molecule has 1 amide bonds. The van der Waals surface area contributed by atoms with Crippen molar-refractivity contribution in [2.24, 2.45) is 0 Å². The number of nitrogens with one attached hydrogen (secondary N) is 1. The third-order valence-electron chi connectivity index (χ3n) is 4.36. The van der Waals surface area contributed by atoms with Gasteiger partial charge in [-0.15, -0.1) is 0 Å². The third kappa shape index (κ3) is 4.59. The zero-order valence-electron chi connectivity index (χ0n) is 14.1. The van der Waals surface area contributed by atoms with Gasteiger partial charge in [0.15, 0.2) is 0 Å². The summed E-state index contributed by atoms with van der Waals surface area (Å²) in [6.07, 6.45) is 0. The van der Waals surface area contributed by atoms with Crippen molar-refractivity contribution in [1.29, 1.82) is 0 Å². The van der Waals surface area contributed by atoms with E-state index >= 15 is 0 Å². The summed E-state index contributed by atoms with van der Waals surface area (Å²) in [5, 5.41) is 4.23. The van der Waals surface area contributed by atoms with Crippen molar-refractivity contribution >= 4 is 40.5 Å². The van der Waals surface area contributed by atoms with E-state index in [4.69, 9.17) is 23.2 Å². The summed E-state index contributed by atoms with van der Waals surface area (Å²) in [4.78, 5) is 16.6. The number of nitrogens with zero attached hydrogens (tertiary/aromatic N) is 2. The minimum atomic E-state index is 0.0694. The number of halogens is 2. The molecule has 1 aliphatic rings. The van der Waals surface area contributed by atoms with Crippen LogP contribution in [0.2, 0.25) is 10.0 Å². The molecule has 0 atom stereocenters. The summed E-state index contributed by atoms with van der Waals surface area (Å²) in [7, 11) is 0. The largest absolute Gasteiger partial charge is 0.375 e. The first-order valence-electron chi connectivity index (χ1n) is 8.31. The molecule has 2 aromatic carbocycles. The highest BCUT2D eigenvalue weighted by molar-refractivity contribution is 6.35. The number of carbonyl (C=O) groups excluding carboxylic acids is 1. The predicted octanol–water partition coefficient (Wildman–Crippen LogP) is 4.06. The Morgan fingerprint density at radius 3 is 2.56 bits per heavy atom. The maximum Gasteiger partial charge on any atom is 0.241 e. The summed E-state index contributed by atoms with van der Waals surface area (Å²) >= 11 is 12.1. The molecule has 1 heterocycles. The van der Waals surface area contributed by atoms with Crippen molar-refractivity contribution < 1.29 is 4.79 Å². The molecule has 0 spiro atoms. The van der Waals surface area contributed by atoms with Crippen LogP contribution in [0.3, 0.4) is 0 Å². The number of benzene rings is 2. The quantitative estimate of drug-likeness (QED) is 0.872. The number of piperazine rings is 1. The van der Waals surface area contributed by atoms with Crippen molar-refractivity contribution in [2.75, 3.05) is 42.9 Å². The van der Waals surface area contributed by atoms with Crippen LogP contribution in [0.4, 0.5) is 11.4 Å². The highest BCUT2D eigenvalue weighted by Gasteiger charge is 2.21. The van der Waals surface area contributed by atoms with Gasteiger partial charge >= 0.3 is 0 Å². The van der Waals surface area contributed by atoms with Crippen LogP contribution < -0.4 is 10.2 Å². The van der Waals surface area contributed by atoms with Crippen molar-refractivity contribution in [3.63, 3.8) is 0 Å². The molecular weight excluding hydrogens is 357 g/mol. The van der Waals surface area contributed by atoms with E-state index in [0.717, 1.165) is 26.2 Å². The van der Waals surface area contributed by atoms with E-state index in [2.05, 4.69) is 41.4 Å². The number of rotatable bonds is 4. The summed E-state index contributed by atoms with van der Waals surface area (Å²) in [5.41, 5.74) is 3.15. The molecule has 3 rings (SSSR count). The molecule has 1 saturated heterocycles. The topological polar surface area (TPSA) is 35.6 Å². The Morgan fingerprint density at radius 2 is 1.84 bits per heavy atom. The Labute approximate surface area is 158 Å². The Bertz CT molecular complexity index is 758. The van der Waals surface area contributed by atoms with Crippen molar-refractivity contribution in [1.82, 2.24) is 4.90 Å². The molecular formula is C19H21Cl2N3O. The SMILES string of the molecule is Cc1cccc(N2CCN(C(=O)CNc3cc(Cl)ccc3Cl)CC2)c1. The Hall–Kier alpha value is -1.91. The highest BCUT2D eigenvalue weighted by Crippen LogP contribution is 2.25. The van der Waals surface area contributed by atoms with Crippen molar-refractivity contribution in [2.45, 2.75) is 6.92 Å². The summed E-state index contributed by atoms with van der Waals surface area (Å²) in [5.74, 6) is 0.0694. The number of aryl methyl sites for hydroxylation is 1. The van der Waals surface area contributed by atoms with Gasteiger partial charge in [0.25, 0.3) is 0 Å². The van der Waals surface area contributed by atoms with E-state index in [1.165, 1.54) is 11.3 Å². The summed E-state index contributed by atoms with van der Waals surface area (Å²) in [6, 6.07) is 13.6. The average Bonchev–Trinajstić information content (AvgIpc) is 2.62. The molecule has 0 saturated carbocycles. The van der Waals surface area contributed by atoms with Gasteiger partial charge in [0.1, 0.15) is 0 Å².